The number of ether oxygens (including phenoxy) is 1. The first-order valence-corrected chi connectivity index (χ1v) is 6.68. The smallest absolute Gasteiger partial charge is 0.251 e. The molecule has 0 saturated carbocycles. The van der Waals surface area contributed by atoms with Crippen LogP contribution in [0, 0.1) is 6.92 Å². The summed E-state index contributed by atoms with van der Waals surface area (Å²) in [5.74, 6) is 0.641. The Morgan fingerprint density at radius 1 is 1.42 bits per heavy atom. The normalized spacial score (nSPS) is 10.4. The highest BCUT2D eigenvalue weighted by Gasteiger charge is 2.05. The molecule has 0 amide bonds. The van der Waals surface area contributed by atoms with E-state index in [1.54, 1.807) is 13.0 Å². The molecule has 6 heteroatoms. The van der Waals surface area contributed by atoms with Crippen molar-refractivity contribution in [3.05, 3.63) is 40.3 Å². The van der Waals surface area contributed by atoms with E-state index in [2.05, 4.69) is 9.97 Å². The zero-order valence-corrected chi connectivity index (χ0v) is 11.6. The van der Waals surface area contributed by atoms with Gasteiger partial charge in [0.05, 0.1) is 12.3 Å². The lowest BCUT2D eigenvalue weighted by molar-refractivity contribution is 0.341. The van der Waals surface area contributed by atoms with Crippen molar-refractivity contribution >= 4 is 17.4 Å². The molecule has 2 rings (SSSR count). The topological polar surface area (TPSA) is 81.0 Å². The number of hydrogen-bond donors (Lipinski definition) is 2. The Balaban J connectivity index is 2.27. The molecule has 100 valence electrons. The van der Waals surface area contributed by atoms with Gasteiger partial charge in [-0.3, -0.25) is 4.79 Å². The summed E-state index contributed by atoms with van der Waals surface area (Å²) in [4.78, 5) is 19.2. The molecular formula is C13H15N3O2S. The van der Waals surface area contributed by atoms with Gasteiger partial charge in [0, 0.05) is 16.7 Å². The number of aromatic amines is 1. The molecule has 0 aliphatic heterocycles. The zero-order chi connectivity index (χ0) is 13.8. The van der Waals surface area contributed by atoms with E-state index >= 15 is 0 Å². The van der Waals surface area contributed by atoms with Gasteiger partial charge in [-0.25, -0.2) is 4.98 Å². The lowest BCUT2D eigenvalue weighted by atomic mass is 10.3. The fraction of sp³-hybridized carbons (Fsp3) is 0.231. The Morgan fingerprint density at radius 3 is 2.89 bits per heavy atom. The van der Waals surface area contributed by atoms with E-state index in [1.165, 1.54) is 17.8 Å². The minimum atomic E-state index is -0.157. The van der Waals surface area contributed by atoms with E-state index in [1.807, 2.05) is 19.1 Å². The molecule has 5 nitrogen and oxygen atoms in total. The van der Waals surface area contributed by atoms with Crippen molar-refractivity contribution in [2.24, 2.45) is 0 Å². The quantitative estimate of drug-likeness (QED) is 0.661. The van der Waals surface area contributed by atoms with Crippen molar-refractivity contribution in [2.45, 2.75) is 23.9 Å². The van der Waals surface area contributed by atoms with Crippen LogP contribution in [0.3, 0.4) is 0 Å². The van der Waals surface area contributed by atoms with E-state index in [0.717, 1.165) is 4.90 Å². The number of nitrogens with one attached hydrogen (secondary N) is 1. The van der Waals surface area contributed by atoms with Crippen molar-refractivity contribution in [1.29, 1.82) is 0 Å². The van der Waals surface area contributed by atoms with Crippen LogP contribution in [0.2, 0.25) is 0 Å². The van der Waals surface area contributed by atoms with Gasteiger partial charge in [-0.1, -0.05) is 11.8 Å². The first-order chi connectivity index (χ1) is 9.08. The standard InChI is InChI=1S/C13H15N3O2S/c1-3-18-11-7-9(4-5-10(11)14)19-13-15-8(2)6-12(17)16-13/h4-7H,3,14H2,1-2H3,(H,15,16,17). The maximum Gasteiger partial charge on any atom is 0.251 e. The van der Waals surface area contributed by atoms with Crippen LogP contribution in [0.25, 0.3) is 0 Å². The van der Waals surface area contributed by atoms with Crippen molar-refractivity contribution in [1.82, 2.24) is 9.97 Å². The van der Waals surface area contributed by atoms with E-state index in [0.29, 0.717) is 28.9 Å². The molecule has 3 N–H and O–H groups in total. The van der Waals surface area contributed by atoms with Gasteiger partial charge in [0.15, 0.2) is 5.16 Å². The Labute approximate surface area is 115 Å². The van der Waals surface area contributed by atoms with Gasteiger partial charge in [-0.15, -0.1) is 0 Å². The number of H-pyrrole nitrogens is 1. The summed E-state index contributed by atoms with van der Waals surface area (Å²) in [6, 6.07) is 6.94. The second-order valence-electron chi connectivity index (χ2n) is 3.93. The predicted molar refractivity (Wildman–Crippen MR) is 75.7 cm³/mol. The molecule has 1 aromatic carbocycles. The maximum absolute atomic E-state index is 11.4. The molecule has 0 radical (unpaired) electrons. The average Bonchev–Trinajstić information content (AvgIpc) is 2.32. The van der Waals surface area contributed by atoms with Crippen LogP contribution in [-0.2, 0) is 0 Å². The van der Waals surface area contributed by atoms with Crippen LogP contribution < -0.4 is 16.0 Å². The molecule has 0 unspecified atom stereocenters. The molecular weight excluding hydrogens is 262 g/mol. The molecule has 1 heterocycles. The van der Waals surface area contributed by atoms with Gasteiger partial charge in [-0.2, -0.15) is 0 Å². The fourth-order valence-electron chi connectivity index (χ4n) is 1.57. The van der Waals surface area contributed by atoms with E-state index in [9.17, 15) is 4.79 Å². The lowest BCUT2D eigenvalue weighted by Crippen LogP contribution is -2.07. The van der Waals surface area contributed by atoms with Crippen LogP contribution in [0.4, 0.5) is 5.69 Å². The highest BCUT2D eigenvalue weighted by molar-refractivity contribution is 7.99. The largest absolute Gasteiger partial charge is 0.492 e. The number of hydrogen-bond acceptors (Lipinski definition) is 5. The molecule has 0 atom stereocenters. The van der Waals surface area contributed by atoms with Crippen LogP contribution in [-0.4, -0.2) is 16.6 Å². The van der Waals surface area contributed by atoms with Crippen molar-refractivity contribution in [2.75, 3.05) is 12.3 Å². The molecule has 0 aliphatic rings. The van der Waals surface area contributed by atoms with E-state index in [4.69, 9.17) is 10.5 Å². The van der Waals surface area contributed by atoms with E-state index in [-0.39, 0.29) is 5.56 Å². The van der Waals surface area contributed by atoms with Crippen LogP contribution in [0.15, 0.2) is 39.1 Å². The summed E-state index contributed by atoms with van der Waals surface area (Å²) < 4.78 is 5.43. The molecule has 2 aromatic rings. The minimum absolute atomic E-state index is 0.157. The van der Waals surface area contributed by atoms with E-state index < -0.39 is 0 Å². The van der Waals surface area contributed by atoms with Gasteiger partial charge in [0.25, 0.3) is 5.56 Å². The number of nitrogens with two attached hydrogens (primary N) is 1. The summed E-state index contributed by atoms with van der Waals surface area (Å²) in [6.07, 6.45) is 0. The third-order valence-corrected chi connectivity index (χ3v) is 3.22. The molecule has 0 spiro atoms. The number of nitrogen functional groups attached to an aromatic ring is 1. The number of rotatable bonds is 4. The van der Waals surface area contributed by atoms with Crippen molar-refractivity contribution < 1.29 is 4.74 Å². The first-order valence-electron chi connectivity index (χ1n) is 5.86. The average molecular weight is 277 g/mol. The maximum atomic E-state index is 11.4. The Hall–Kier alpha value is -1.95. The molecule has 1 aromatic heterocycles. The molecule has 0 bridgehead atoms. The number of nitrogens with zero attached hydrogens (tertiary/aromatic N) is 1. The summed E-state index contributed by atoms with van der Waals surface area (Å²) in [5, 5.41) is 0.553. The summed E-state index contributed by atoms with van der Waals surface area (Å²) in [5.41, 5.74) is 6.93. The van der Waals surface area contributed by atoms with Gasteiger partial charge in [0.1, 0.15) is 5.75 Å². The minimum Gasteiger partial charge on any atom is -0.492 e. The first kappa shape index (κ1) is 13.5. The third kappa shape index (κ3) is 3.51. The van der Waals surface area contributed by atoms with Gasteiger partial charge < -0.3 is 15.5 Å². The zero-order valence-electron chi connectivity index (χ0n) is 10.8. The third-order valence-electron chi connectivity index (χ3n) is 2.35. The van der Waals surface area contributed by atoms with Gasteiger partial charge >= 0.3 is 0 Å². The van der Waals surface area contributed by atoms with Crippen LogP contribution in [0.1, 0.15) is 12.6 Å². The van der Waals surface area contributed by atoms with Gasteiger partial charge in [-0.05, 0) is 32.0 Å². The second kappa shape index (κ2) is 5.79. The number of aryl methyl sites for hydroxylation is 1. The van der Waals surface area contributed by atoms with Gasteiger partial charge in [0.2, 0.25) is 0 Å². The predicted octanol–water partition coefficient (Wildman–Crippen LogP) is 2.21. The molecule has 0 fully saturated rings. The second-order valence-corrected chi connectivity index (χ2v) is 4.99. The summed E-state index contributed by atoms with van der Waals surface area (Å²) in [6.45, 7) is 4.24. The Morgan fingerprint density at radius 2 is 2.21 bits per heavy atom. The number of anilines is 1. The number of aromatic nitrogens is 2. The SMILES string of the molecule is CCOc1cc(Sc2nc(C)cc(=O)[nH]2)ccc1N. The molecule has 19 heavy (non-hydrogen) atoms. The van der Waals surface area contributed by atoms with Crippen molar-refractivity contribution in [3.63, 3.8) is 0 Å². The Bertz CT molecular complexity index is 640. The summed E-state index contributed by atoms with van der Waals surface area (Å²) >= 11 is 1.36. The number of benzene rings is 1. The lowest BCUT2D eigenvalue weighted by Gasteiger charge is -2.08. The highest BCUT2D eigenvalue weighted by Crippen LogP contribution is 2.31. The molecule has 0 saturated heterocycles. The van der Waals surface area contributed by atoms with Crippen LogP contribution in [0.5, 0.6) is 5.75 Å². The highest BCUT2D eigenvalue weighted by atomic mass is 32.2. The monoisotopic (exact) mass is 277 g/mol. The fourth-order valence-corrected chi connectivity index (χ4v) is 2.44. The Kier molecular flexibility index (Phi) is 4.11. The van der Waals surface area contributed by atoms with Crippen molar-refractivity contribution in [3.8, 4) is 5.75 Å². The van der Waals surface area contributed by atoms with Crippen LogP contribution >= 0.6 is 11.8 Å². The molecule has 0 aliphatic carbocycles. The summed E-state index contributed by atoms with van der Waals surface area (Å²) in [7, 11) is 0.